The molecule has 4 heteroatoms. The van der Waals surface area contributed by atoms with Crippen molar-refractivity contribution in [2.24, 2.45) is 0 Å². The van der Waals surface area contributed by atoms with Gasteiger partial charge in [0.1, 0.15) is 5.54 Å². The van der Waals surface area contributed by atoms with Gasteiger partial charge in [0.25, 0.3) is 5.91 Å². The molecule has 3 amide bonds. The van der Waals surface area contributed by atoms with E-state index in [-0.39, 0.29) is 11.9 Å². The standard InChI is InChI=1S/C15H20N2O2/c1-3-15(4-2)13(18)16-14(19)17(15)11-10-12-8-6-5-7-9-12/h5-9H,3-4,10-11H2,1-2H3,(H,16,18,19). The first-order chi connectivity index (χ1) is 9.14. The molecule has 0 aromatic heterocycles. The molecular formula is C15H20N2O2. The lowest BCUT2D eigenvalue weighted by atomic mass is 9.91. The Labute approximate surface area is 113 Å². The molecule has 1 aliphatic rings. The van der Waals surface area contributed by atoms with Crippen LogP contribution in [-0.4, -0.2) is 28.9 Å². The van der Waals surface area contributed by atoms with Crippen molar-refractivity contribution in [1.82, 2.24) is 10.2 Å². The van der Waals surface area contributed by atoms with Crippen molar-refractivity contribution in [3.05, 3.63) is 35.9 Å². The first-order valence-electron chi connectivity index (χ1n) is 6.81. The van der Waals surface area contributed by atoms with Crippen LogP contribution in [0.2, 0.25) is 0 Å². The molecule has 1 aliphatic heterocycles. The van der Waals surface area contributed by atoms with Crippen molar-refractivity contribution < 1.29 is 9.59 Å². The van der Waals surface area contributed by atoms with E-state index in [2.05, 4.69) is 5.32 Å². The fourth-order valence-electron chi connectivity index (χ4n) is 2.75. The van der Waals surface area contributed by atoms with Crippen molar-refractivity contribution in [3.8, 4) is 0 Å². The van der Waals surface area contributed by atoms with Crippen LogP contribution in [0.4, 0.5) is 4.79 Å². The smallest absolute Gasteiger partial charge is 0.309 e. The van der Waals surface area contributed by atoms with Crippen LogP contribution in [0.1, 0.15) is 32.3 Å². The Morgan fingerprint density at radius 2 is 1.74 bits per heavy atom. The number of benzene rings is 1. The zero-order valence-corrected chi connectivity index (χ0v) is 11.5. The van der Waals surface area contributed by atoms with Gasteiger partial charge in [-0.05, 0) is 24.8 Å². The molecule has 0 spiro atoms. The topological polar surface area (TPSA) is 49.4 Å². The lowest BCUT2D eigenvalue weighted by molar-refractivity contribution is -0.127. The number of carbonyl (C=O) groups excluding carboxylic acids is 2. The molecule has 102 valence electrons. The van der Waals surface area contributed by atoms with Crippen LogP contribution >= 0.6 is 0 Å². The molecule has 1 aromatic carbocycles. The molecule has 0 bridgehead atoms. The number of rotatable bonds is 5. The van der Waals surface area contributed by atoms with E-state index in [1.165, 1.54) is 5.56 Å². The summed E-state index contributed by atoms with van der Waals surface area (Å²) in [6.45, 7) is 4.48. The largest absolute Gasteiger partial charge is 0.325 e. The normalized spacial score (nSPS) is 17.7. The number of urea groups is 1. The lowest BCUT2D eigenvalue weighted by Crippen LogP contribution is -2.49. The highest BCUT2D eigenvalue weighted by molar-refractivity contribution is 6.06. The van der Waals surface area contributed by atoms with Crippen LogP contribution in [-0.2, 0) is 11.2 Å². The number of nitrogens with zero attached hydrogens (tertiary/aromatic N) is 1. The van der Waals surface area contributed by atoms with E-state index in [9.17, 15) is 9.59 Å². The Morgan fingerprint density at radius 1 is 1.11 bits per heavy atom. The van der Waals surface area contributed by atoms with Crippen molar-refractivity contribution in [3.63, 3.8) is 0 Å². The molecule has 1 N–H and O–H groups in total. The van der Waals surface area contributed by atoms with Gasteiger partial charge in [-0.3, -0.25) is 10.1 Å². The lowest BCUT2D eigenvalue weighted by Gasteiger charge is -2.33. The van der Waals surface area contributed by atoms with E-state index in [4.69, 9.17) is 0 Å². The van der Waals surface area contributed by atoms with Crippen LogP contribution in [0.15, 0.2) is 30.3 Å². The van der Waals surface area contributed by atoms with Gasteiger partial charge in [0.15, 0.2) is 0 Å². The van der Waals surface area contributed by atoms with Crippen molar-refractivity contribution in [2.75, 3.05) is 6.54 Å². The summed E-state index contributed by atoms with van der Waals surface area (Å²) in [5.74, 6) is -0.157. The average Bonchev–Trinajstić information content (AvgIpc) is 2.68. The molecular weight excluding hydrogens is 240 g/mol. The first kappa shape index (κ1) is 13.6. The molecule has 1 fully saturated rings. The summed E-state index contributed by atoms with van der Waals surface area (Å²) in [6.07, 6.45) is 2.06. The number of imide groups is 1. The minimum absolute atomic E-state index is 0.157. The van der Waals surface area contributed by atoms with Crippen LogP contribution in [0.25, 0.3) is 0 Å². The van der Waals surface area contributed by atoms with Gasteiger partial charge in [-0.1, -0.05) is 44.2 Å². The number of hydrogen-bond donors (Lipinski definition) is 1. The van der Waals surface area contributed by atoms with Crippen molar-refractivity contribution in [2.45, 2.75) is 38.6 Å². The zero-order valence-electron chi connectivity index (χ0n) is 11.5. The molecule has 0 atom stereocenters. The second kappa shape index (κ2) is 5.43. The van der Waals surface area contributed by atoms with E-state index in [1.807, 2.05) is 44.2 Å². The Bertz CT molecular complexity index is 466. The van der Waals surface area contributed by atoms with Crippen LogP contribution in [0.5, 0.6) is 0 Å². The highest BCUT2D eigenvalue weighted by atomic mass is 16.2. The molecule has 1 saturated heterocycles. The van der Waals surface area contributed by atoms with Gasteiger partial charge in [-0.15, -0.1) is 0 Å². The summed E-state index contributed by atoms with van der Waals surface area (Å²) in [4.78, 5) is 25.6. The van der Waals surface area contributed by atoms with E-state index in [0.29, 0.717) is 19.4 Å². The third-order valence-electron chi connectivity index (χ3n) is 4.04. The predicted octanol–water partition coefficient (Wildman–Crippen LogP) is 2.34. The molecule has 0 radical (unpaired) electrons. The minimum atomic E-state index is -0.661. The molecule has 0 saturated carbocycles. The molecule has 19 heavy (non-hydrogen) atoms. The minimum Gasteiger partial charge on any atom is -0.309 e. The number of hydrogen-bond acceptors (Lipinski definition) is 2. The summed E-state index contributed by atoms with van der Waals surface area (Å²) in [5.41, 5.74) is 0.516. The monoisotopic (exact) mass is 260 g/mol. The highest BCUT2D eigenvalue weighted by Gasteiger charge is 2.49. The Hall–Kier alpha value is -1.84. The second-order valence-electron chi connectivity index (χ2n) is 4.89. The Morgan fingerprint density at radius 3 is 2.32 bits per heavy atom. The number of nitrogens with one attached hydrogen (secondary N) is 1. The zero-order chi connectivity index (χ0) is 13.9. The maximum atomic E-state index is 12.0. The third-order valence-corrected chi connectivity index (χ3v) is 4.04. The summed E-state index contributed by atoms with van der Waals surface area (Å²) >= 11 is 0. The van der Waals surface area contributed by atoms with Gasteiger partial charge >= 0.3 is 6.03 Å². The summed E-state index contributed by atoms with van der Waals surface area (Å²) in [5, 5.41) is 2.44. The predicted molar refractivity (Wildman–Crippen MR) is 73.7 cm³/mol. The molecule has 1 heterocycles. The van der Waals surface area contributed by atoms with Gasteiger partial charge in [-0.25, -0.2) is 4.79 Å². The summed E-state index contributed by atoms with van der Waals surface area (Å²) in [6, 6.07) is 9.75. The second-order valence-corrected chi connectivity index (χ2v) is 4.89. The summed E-state index contributed by atoms with van der Waals surface area (Å²) in [7, 11) is 0. The fourth-order valence-corrected chi connectivity index (χ4v) is 2.75. The third kappa shape index (κ3) is 2.35. The highest BCUT2D eigenvalue weighted by Crippen LogP contribution is 2.29. The fraction of sp³-hybridized carbons (Fsp3) is 0.467. The van der Waals surface area contributed by atoms with E-state index in [0.717, 1.165) is 6.42 Å². The molecule has 1 aromatic rings. The van der Waals surface area contributed by atoms with Crippen molar-refractivity contribution in [1.29, 1.82) is 0 Å². The number of amides is 3. The molecule has 4 nitrogen and oxygen atoms in total. The van der Waals surface area contributed by atoms with E-state index in [1.54, 1.807) is 4.90 Å². The maximum Gasteiger partial charge on any atom is 0.325 e. The van der Waals surface area contributed by atoms with Gasteiger partial charge in [0.05, 0.1) is 0 Å². The van der Waals surface area contributed by atoms with Crippen molar-refractivity contribution >= 4 is 11.9 Å². The Balaban J connectivity index is 2.13. The van der Waals surface area contributed by atoms with E-state index < -0.39 is 5.54 Å². The Kier molecular flexibility index (Phi) is 3.88. The molecule has 0 aliphatic carbocycles. The average molecular weight is 260 g/mol. The van der Waals surface area contributed by atoms with Crippen LogP contribution in [0, 0.1) is 0 Å². The number of carbonyl (C=O) groups is 2. The van der Waals surface area contributed by atoms with Gasteiger partial charge in [0, 0.05) is 6.54 Å². The van der Waals surface area contributed by atoms with E-state index >= 15 is 0 Å². The van der Waals surface area contributed by atoms with Gasteiger partial charge in [0.2, 0.25) is 0 Å². The molecule has 2 rings (SSSR count). The SMILES string of the molecule is CCC1(CC)C(=O)NC(=O)N1CCc1ccccc1. The maximum absolute atomic E-state index is 12.0. The van der Waals surface area contributed by atoms with Gasteiger partial charge in [-0.2, -0.15) is 0 Å². The summed E-state index contributed by atoms with van der Waals surface area (Å²) < 4.78 is 0. The first-order valence-corrected chi connectivity index (χ1v) is 6.81. The van der Waals surface area contributed by atoms with Crippen LogP contribution < -0.4 is 5.32 Å². The molecule has 0 unspecified atom stereocenters. The van der Waals surface area contributed by atoms with Crippen LogP contribution in [0.3, 0.4) is 0 Å². The quantitative estimate of drug-likeness (QED) is 0.826. The van der Waals surface area contributed by atoms with Gasteiger partial charge < -0.3 is 4.90 Å².